The van der Waals surface area contributed by atoms with Crippen molar-refractivity contribution < 1.29 is 22.4 Å². The van der Waals surface area contributed by atoms with E-state index in [0.717, 1.165) is 15.9 Å². The molecular weight excluding hydrogens is 433 g/mol. The van der Waals surface area contributed by atoms with Crippen LogP contribution in [0.2, 0.25) is 0 Å². The molecule has 0 heterocycles. The molecule has 166 valence electrons. The summed E-state index contributed by atoms with van der Waals surface area (Å²) in [6, 6.07) is 16.2. The number of carbonyl (C=O) groups is 2. The molecule has 3 rings (SSSR count). The molecule has 9 heteroatoms. The highest BCUT2D eigenvalue weighted by Gasteiger charge is 2.22. The van der Waals surface area contributed by atoms with Gasteiger partial charge in [0.15, 0.2) is 0 Å². The number of carbonyl (C=O) groups excluding carboxylic acids is 2. The van der Waals surface area contributed by atoms with Gasteiger partial charge in [0, 0.05) is 25.3 Å². The number of nitrogens with one attached hydrogen (secondary N) is 2. The zero-order valence-electron chi connectivity index (χ0n) is 17.7. The first-order chi connectivity index (χ1) is 15.1. The molecule has 3 aromatic rings. The Kier molecular flexibility index (Phi) is 6.59. The molecule has 0 atom stereocenters. The van der Waals surface area contributed by atoms with Gasteiger partial charge in [-0.3, -0.25) is 13.9 Å². The molecule has 0 saturated carbocycles. The first-order valence-electron chi connectivity index (χ1n) is 9.62. The number of anilines is 2. The molecule has 7 nitrogen and oxygen atoms in total. The number of benzene rings is 3. The number of rotatable bonds is 6. The summed E-state index contributed by atoms with van der Waals surface area (Å²) in [6.45, 7) is 1.90. The fourth-order valence-electron chi connectivity index (χ4n) is 2.96. The van der Waals surface area contributed by atoms with Gasteiger partial charge in [-0.2, -0.15) is 0 Å². The smallest absolute Gasteiger partial charge is 0.264 e. The minimum Gasteiger partial charge on any atom is -0.355 e. The number of aryl methyl sites for hydroxylation is 1. The van der Waals surface area contributed by atoms with E-state index in [4.69, 9.17) is 0 Å². The molecule has 0 radical (unpaired) electrons. The molecule has 0 aliphatic heterocycles. The van der Waals surface area contributed by atoms with Crippen LogP contribution in [0.5, 0.6) is 0 Å². The fourth-order valence-corrected chi connectivity index (χ4v) is 4.21. The lowest BCUT2D eigenvalue weighted by atomic mass is 10.1. The van der Waals surface area contributed by atoms with E-state index in [-0.39, 0.29) is 21.7 Å². The van der Waals surface area contributed by atoms with Gasteiger partial charge in [-0.1, -0.05) is 23.8 Å². The lowest BCUT2D eigenvalue weighted by Gasteiger charge is -2.20. The second kappa shape index (κ2) is 9.19. The molecule has 0 unspecified atom stereocenters. The maximum absolute atomic E-state index is 13.8. The van der Waals surface area contributed by atoms with Crippen molar-refractivity contribution in [1.82, 2.24) is 5.32 Å². The van der Waals surface area contributed by atoms with Crippen LogP contribution in [0.1, 0.15) is 26.3 Å². The molecule has 32 heavy (non-hydrogen) atoms. The Balaban J connectivity index is 1.86. The number of amides is 2. The number of hydrogen-bond acceptors (Lipinski definition) is 4. The Morgan fingerprint density at radius 2 is 1.62 bits per heavy atom. The van der Waals surface area contributed by atoms with E-state index in [9.17, 15) is 22.4 Å². The Morgan fingerprint density at radius 1 is 0.938 bits per heavy atom. The summed E-state index contributed by atoms with van der Waals surface area (Å²) in [5.74, 6) is -1.96. The highest BCUT2D eigenvalue weighted by atomic mass is 32.2. The van der Waals surface area contributed by atoms with Gasteiger partial charge in [-0.15, -0.1) is 0 Å². The van der Waals surface area contributed by atoms with Crippen molar-refractivity contribution in [3.05, 3.63) is 89.2 Å². The first kappa shape index (κ1) is 23.0. The van der Waals surface area contributed by atoms with Crippen molar-refractivity contribution in [2.45, 2.75) is 11.8 Å². The van der Waals surface area contributed by atoms with Crippen LogP contribution in [0.4, 0.5) is 15.8 Å². The van der Waals surface area contributed by atoms with Gasteiger partial charge in [0.05, 0.1) is 16.1 Å². The van der Waals surface area contributed by atoms with Crippen molar-refractivity contribution in [3.8, 4) is 0 Å². The summed E-state index contributed by atoms with van der Waals surface area (Å²) < 4.78 is 41.1. The highest BCUT2D eigenvalue weighted by molar-refractivity contribution is 7.92. The van der Waals surface area contributed by atoms with Crippen molar-refractivity contribution in [1.29, 1.82) is 0 Å². The molecule has 2 N–H and O–H groups in total. The van der Waals surface area contributed by atoms with Gasteiger partial charge in [-0.25, -0.2) is 12.8 Å². The van der Waals surface area contributed by atoms with E-state index in [0.29, 0.717) is 5.69 Å². The third kappa shape index (κ3) is 4.78. The average Bonchev–Trinajstić information content (AvgIpc) is 2.79. The zero-order valence-corrected chi connectivity index (χ0v) is 18.5. The molecule has 3 aromatic carbocycles. The predicted octanol–water partition coefficient (Wildman–Crippen LogP) is 3.57. The summed E-state index contributed by atoms with van der Waals surface area (Å²) in [6.07, 6.45) is 0. The van der Waals surface area contributed by atoms with E-state index in [2.05, 4.69) is 10.6 Å². The Morgan fingerprint density at radius 3 is 2.28 bits per heavy atom. The highest BCUT2D eigenvalue weighted by Crippen LogP contribution is 2.23. The maximum atomic E-state index is 13.8. The monoisotopic (exact) mass is 455 g/mol. The fraction of sp³-hybridized carbons (Fsp3) is 0.130. The van der Waals surface area contributed by atoms with Crippen molar-refractivity contribution in [3.63, 3.8) is 0 Å². The van der Waals surface area contributed by atoms with Gasteiger partial charge < -0.3 is 10.6 Å². The minimum absolute atomic E-state index is 0.0571. The molecule has 0 aliphatic carbocycles. The van der Waals surface area contributed by atoms with Crippen LogP contribution >= 0.6 is 0 Å². The standard InChI is InChI=1S/C23H22FN3O4S/c1-15-7-10-18(11-8-15)27(3)32(30,31)19-6-4-5-16(13-19)22(28)26-17-9-12-21(24)20(14-17)23(29)25-2/h4-14H,1-3H3,(H,25,29)(H,26,28). The van der Waals surface area contributed by atoms with Gasteiger partial charge >= 0.3 is 0 Å². The predicted molar refractivity (Wildman–Crippen MR) is 121 cm³/mol. The first-order valence-corrected chi connectivity index (χ1v) is 11.1. The summed E-state index contributed by atoms with van der Waals surface area (Å²) >= 11 is 0. The van der Waals surface area contributed by atoms with Crippen LogP contribution in [0.15, 0.2) is 71.6 Å². The molecule has 0 fully saturated rings. The Bertz CT molecular complexity index is 1270. The van der Waals surface area contributed by atoms with E-state index in [1.165, 1.54) is 50.5 Å². The Labute approximate surface area is 185 Å². The second-order valence-corrected chi connectivity index (χ2v) is 9.03. The lowest BCUT2D eigenvalue weighted by molar-refractivity contribution is 0.0957. The summed E-state index contributed by atoms with van der Waals surface area (Å²) in [5.41, 5.74) is 1.55. The maximum Gasteiger partial charge on any atom is 0.264 e. The minimum atomic E-state index is -3.91. The van der Waals surface area contributed by atoms with Gasteiger partial charge in [0.2, 0.25) is 0 Å². The Hall–Kier alpha value is -3.72. The lowest BCUT2D eigenvalue weighted by Crippen LogP contribution is -2.27. The molecule has 0 bridgehead atoms. The summed E-state index contributed by atoms with van der Waals surface area (Å²) in [5, 5.41) is 4.88. The molecule has 0 aliphatic rings. The number of nitrogens with zero attached hydrogens (tertiary/aromatic N) is 1. The molecular formula is C23H22FN3O4S. The van der Waals surface area contributed by atoms with E-state index in [1.54, 1.807) is 24.3 Å². The largest absolute Gasteiger partial charge is 0.355 e. The van der Waals surface area contributed by atoms with Gasteiger partial charge in [0.1, 0.15) is 5.82 Å². The molecule has 0 aromatic heterocycles. The molecule has 2 amide bonds. The van der Waals surface area contributed by atoms with Crippen LogP contribution in [0.3, 0.4) is 0 Å². The third-order valence-corrected chi connectivity index (χ3v) is 6.63. The van der Waals surface area contributed by atoms with Crippen molar-refractivity contribution >= 4 is 33.2 Å². The topological polar surface area (TPSA) is 95.6 Å². The van der Waals surface area contributed by atoms with Crippen LogP contribution in [0, 0.1) is 12.7 Å². The molecule has 0 saturated heterocycles. The quantitative estimate of drug-likeness (QED) is 0.594. The average molecular weight is 456 g/mol. The number of sulfonamides is 1. The van der Waals surface area contributed by atoms with E-state index in [1.807, 2.05) is 6.92 Å². The molecule has 0 spiro atoms. The van der Waals surface area contributed by atoms with E-state index >= 15 is 0 Å². The van der Waals surface area contributed by atoms with Crippen molar-refractivity contribution in [2.75, 3.05) is 23.7 Å². The summed E-state index contributed by atoms with van der Waals surface area (Å²) in [7, 11) is -1.11. The van der Waals surface area contributed by atoms with E-state index < -0.39 is 27.7 Å². The third-order valence-electron chi connectivity index (χ3n) is 4.85. The van der Waals surface area contributed by atoms with Crippen molar-refractivity contribution in [2.24, 2.45) is 0 Å². The SMILES string of the molecule is CNC(=O)c1cc(NC(=O)c2cccc(S(=O)(=O)N(C)c3ccc(C)cc3)c2)ccc1F. The van der Waals surface area contributed by atoms with Crippen LogP contribution in [0.25, 0.3) is 0 Å². The van der Waals surface area contributed by atoms with Gasteiger partial charge in [-0.05, 0) is 55.5 Å². The van der Waals surface area contributed by atoms with Crippen LogP contribution < -0.4 is 14.9 Å². The van der Waals surface area contributed by atoms with Crippen LogP contribution in [-0.4, -0.2) is 34.3 Å². The second-order valence-electron chi connectivity index (χ2n) is 7.06. The zero-order chi connectivity index (χ0) is 23.5. The normalized spacial score (nSPS) is 11.0. The van der Waals surface area contributed by atoms with Crippen LogP contribution in [-0.2, 0) is 10.0 Å². The summed E-state index contributed by atoms with van der Waals surface area (Å²) in [4.78, 5) is 24.4. The van der Waals surface area contributed by atoms with Gasteiger partial charge in [0.25, 0.3) is 21.8 Å². The number of hydrogen-bond donors (Lipinski definition) is 2. The number of halogens is 1.